The van der Waals surface area contributed by atoms with E-state index in [-0.39, 0.29) is 41.9 Å². The molecule has 180 valence electrons. The van der Waals surface area contributed by atoms with Crippen LogP contribution in [0.3, 0.4) is 0 Å². The lowest BCUT2D eigenvalue weighted by molar-refractivity contribution is -0.121. The van der Waals surface area contributed by atoms with Crippen molar-refractivity contribution in [3.05, 3.63) is 88.1 Å². The molecule has 9 heteroatoms. The zero-order valence-corrected chi connectivity index (χ0v) is 20.0. The van der Waals surface area contributed by atoms with Gasteiger partial charge in [-0.25, -0.2) is 4.98 Å². The number of hydrogen-bond acceptors (Lipinski definition) is 7. The number of pyridine rings is 1. The molecule has 0 aliphatic rings. The highest BCUT2D eigenvalue weighted by Gasteiger charge is 2.19. The first kappa shape index (κ1) is 24.6. The predicted octanol–water partition coefficient (Wildman–Crippen LogP) is 4.27. The lowest BCUT2D eigenvalue weighted by Gasteiger charge is -2.15. The topological polar surface area (TPSA) is 141 Å². The number of amides is 2. The number of aromatic nitrogens is 1. The van der Waals surface area contributed by atoms with E-state index in [1.807, 2.05) is 24.3 Å². The Kier molecular flexibility index (Phi) is 7.70. The van der Waals surface area contributed by atoms with Crippen LogP contribution in [-0.4, -0.2) is 28.4 Å². The van der Waals surface area contributed by atoms with E-state index in [0.29, 0.717) is 33.8 Å². The molecule has 4 aromatic rings. The summed E-state index contributed by atoms with van der Waals surface area (Å²) in [4.78, 5) is 29.7. The van der Waals surface area contributed by atoms with Crippen LogP contribution in [0.4, 0.5) is 5.82 Å². The van der Waals surface area contributed by atoms with Crippen molar-refractivity contribution in [3.63, 3.8) is 0 Å². The molecule has 5 N–H and O–H groups in total. The van der Waals surface area contributed by atoms with Crippen LogP contribution < -0.4 is 16.4 Å². The molecule has 2 aromatic heterocycles. The third kappa shape index (κ3) is 5.58. The Morgan fingerprint density at radius 1 is 1.06 bits per heavy atom. The number of nitriles is 1. The zero-order valence-electron chi connectivity index (χ0n) is 19.2. The molecule has 0 saturated heterocycles. The van der Waals surface area contributed by atoms with Crippen molar-refractivity contribution in [2.45, 2.75) is 13.0 Å². The second-order valence-electron chi connectivity index (χ2n) is 7.85. The second kappa shape index (κ2) is 11.3. The Morgan fingerprint density at radius 2 is 1.89 bits per heavy atom. The summed E-state index contributed by atoms with van der Waals surface area (Å²) in [5.74, 6) is -0.420. The average molecular weight is 498 g/mol. The third-order valence-electron chi connectivity index (χ3n) is 5.39. The molecular formula is C27H23N5O3S. The molecule has 0 spiro atoms. The molecule has 0 radical (unpaired) electrons. The number of hydrogen-bond donors (Lipinski definition) is 4. The van der Waals surface area contributed by atoms with E-state index in [4.69, 9.17) is 5.73 Å². The molecule has 0 aliphatic carbocycles. The Bertz CT molecular complexity index is 1440. The van der Waals surface area contributed by atoms with Gasteiger partial charge in [-0.2, -0.15) is 5.26 Å². The van der Waals surface area contributed by atoms with Crippen molar-refractivity contribution in [3.8, 4) is 34.2 Å². The summed E-state index contributed by atoms with van der Waals surface area (Å²) in [5.41, 5.74) is 8.53. The van der Waals surface area contributed by atoms with Gasteiger partial charge in [-0.1, -0.05) is 36.4 Å². The van der Waals surface area contributed by atoms with Crippen molar-refractivity contribution in [1.82, 2.24) is 10.3 Å². The average Bonchev–Trinajstić information content (AvgIpc) is 3.43. The van der Waals surface area contributed by atoms with E-state index >= 15 is 0 Å². The van der Waals surface area contributed by atoms with Crippen molar-refractivity contribution in [2.24, 2.45) is 5.73 Å². The lowest BCUT2D eigenvalue weighted by atomic mass is 9.96. The molecule has 0 saturated carbocycles. The first-order chi connectivity index (χ1) is 17.5. The molecule has 4 rings (SSSR count). The molecule has 2 heterocycles. The summed E-state index contributed by atoms with van der Waals surface area (Å²) in [5, 5.41) is 27.9. The van der Waals surface area contributed by atoms with Gasteiger partial charge in [0, 0.05) is 30.6 Å². The fraction of sp³-hybridized carbons (Fsp3) is 0.111. The lowest BCUT2D eigenvalue weighted by Crippen LogP contribution is -2.24. The number of carbonyl (C=O) groups is 2. The Hall–Kier alpha value is -4.52. The standard InChI is InChI=1S/C27H23N5O3S/c28-11-10-25(34)30-16-17-5-3-6-18(13-17)20-14-22(19-7-1-2-8-23(19)33)31-26(21(20)15-29)32-27(35)24-9-4-12-36-24/h1-9,12-14,33H,10-11,16,28H2,(H,30,34)(H,31,32,35). The maximum atomic E-state index is 12.8. The highest BCUT2D eigenvalue weighted by Crippen LogP contribution is 2.35. The second-order valence-corrected chi connectivity index (χ2v) is 8.80. The molecule has 0 fully saturated rings. The number of benzene rings is 2. The summed E-state index contributed by atoms with van der Waals surface area (Å²) in [6.45, 7) is 0.567. The van der Waals surface area contributed by atoms with Crippen molar-refractivity contribution < 1.29 is 14.7 Å². The number of phenolic OH excluding ortho intramolecular Hbond substituents is 1. The summed E-state index contributed by atoms with van der Waals surface area (Å²) < 4.78 is 0. The molecule has 0 bridgehead atoms. The Balaban J connectivity index is 1.80. The zero-order chi connectivity index (χ0) is 25.5. The molecule has 8 nitrogen and oxygen atoms in total. The van der Waals surface area contributed by atoms with Crippen molar-refractivity contribution in [1.29, 1.82) is 5.26 Å². The number of anilines is 1. The fourth-order valence-electron chi connectivity index (χ4n) is 3.65. The van der Waals surface area contributed by atoms with E-state index < -0.39 is 0 Å². The summed E-state index contributed by atoms with van der Waals surface area (Å²) >= 11 is 1.28. The van der Waals surface area contributed by atoms with Crippen molar-refractivity contribution in [2.75, 3.05) is 11.9 Å². The van der Waals surface area contributed by atoms with Gasteiger partial charge in [-0.3, -0.25) is 9.59 Å². The van der Waals surface area contributed by atoms with Gasteiger partial charge in [-0.05, 0) is 46.8 Å². The van der Waals surface area contributed by atoms with Gasteiger partial charge in [0.1, 0.15) is 17.4 Å². The minimum Gasteiger partial charge on any atom is -0.507 e. The van der Waals surface area contributed by atoms with E-state index in [1.54, 1.807) is 47.8 Å². The number of thiophene rings is 1. The van der Waals surface area contributed by atoms with Crippen molar-refractivity contribution >= 4 is 29.0 Å². The van der Waals surface area contributed by atoms with Gasteiger partial charge in [0.2, 0.25) is 5.91 Å². The number of nitrogens with zero attached hydrogens (tertiary/aromatic N) is 2. The maximum Gasteiger partial charge on any atom is 0.266 e. The number of nitrogens with two attached hydrogens (primary N) is 1. The maximum absolute atomic E-state index is 12.8. The monoisotopic (exact) mass is 497 g/mol. The van der Waals surface area contributed by atoms with Crippen LogP contribution in [0.2, 0.25) is 0 Å². The van der Waals surface area contributed by atoms with Gasteiger partial charge in [0.25, 0.3) is 5.91 Å². The summed E-state index contributed by atoms with van der Waals surface area (Å²) in [7, 11) is 0. The highest BCUT2D eigenvalue weighted by atomic mass is 32.1. The molecule has 2 aromatic carbocycles. The smallest absolute Gasteiger partial charge is 0.266 e. The van der Waals surface area contributed by atoms with Gasteiger partial charge in [0.15, 0.2) is 5.82 Å². The number of aromatic hydroxyl groups is 1. The van der Waals surface area contributed by atoms with Crippen LogP contribution in [-0.2, 0) is 11.3 Å². The number of phenols is 1. The summed E-state index contributed by atoms with van der Waals surface area (Å²) in [6.07, 6.45) is 0.236. The highest BCUT2D eigenvalue weighted by molar-refractivity contribution is 7.12. The number of para-hydroxylation sites is 1. The SMILES string of the molecule is N#Cc1c(-c2cccc(CNC(=O)CCN)c2)cc(-c2ccccc2O)nc1NC(=O)c1cccs1. The normalized spacial score (nSPS) is 10.4. The minimum atomic E-state index is -0.384. The van der Waals surface area contributed by atoms with Crippen LogP contribution >= 0.6 is 11.3 Å². The quantitative estimate of drug-likeness (QED) is 0.286. The van der Waals surface area contributed by atoms with E-state index in [1.165, 1.54) is 11.3 Å². The predicted molar refractivity (Wildman–Crippen MR) is 139 cm³/mol. The summed E-state index contributed by atoms with van der Waals surface area (Å²) in [6, 6.07) is 21.4. The fourth-order valence-corrected chi connectivity index (χ4v) is 4.27. The van der Waals surface area contributed by atoms with Crippen LogP contribution in [0.5, 0.6) is 5.75 Å². The van der Waals surface area contributed by atoms with Gasteiger partial charge in [0.05, 0.1) is 10.6 Å². The molecular weight excluding hydrogens is 474 g/mol. The van der Waals surface area contributed by atoms with Crippen LogP contribution in [0.25, 0.3) is 22.4 Å². The van der Waals surface area contributed by atoms with Gasteiger partial charge < -0.3 is 21.5 Å². The van der Waals surface area contributed by atoms with E-state index in [2.05, 4.69) is 21.7 Å². The Labute approximate surface area is 212 Å². The third-order valence-corrected chi connectivity index (χ3v) is 6.26. The molecule has 0 aliphatic heterocycles. The molecule has 0 atom stereocenters. The minimum absolute atomic E-state index is 0.0209. The van der Waals surface area contributed by atoms with E-state index in [0.717, 1.165) is 5.56 Å². The molecule has 36 heavy (non-hydrogen) atoms. The van der Waals surface area contributed by atoms with Gasteiger partial charge >= 0.3 is 0 Å². The van der Waals surface area contributed by atoms with Gasteiger partial charge in [-0.15, -0.1) is 11.3 Å². The number of rotatable bonds is 8. The van der Waals surface area contributed by atoms with E-state index in [9.17, 15) is 20.0 Å². The largest absolute Gasteiger partial charge is 0.507 e. The molecule has 0 unspecified atom stereocenters. The first-order valence-corrected chi connectivity index (χ1v) is 12.0. The number of nitrogens with one attached hydrogen (secondary N) is 2. The number of carbonyl (C=O) groups excluding carboxylic acids is 2. The Morgan fingerprint density at radius 3 is 2.61 bits per heavy atom. The van der Waals surface area contributed by atoms with Crippen LogP contribution in [0, 0.1) is 11.3 Å². The van der Waals surface area contributed by atoms with Crippen LogP contribution in [0.15, 0.2) is 72.1 Å². The van der Waals surface area contributed by atoms with Crippen LogP contribution in [0.1, 0.15) is 27.2 Å². The first-order valence-electron chi connectivity index (χ1n) is 11.1. The molecule has 2 amide bonds.